The molecule has 0 amide bonds. The molecule has 0 saturated carbocycles. The number of carbonyl (C=O) groups is 1. The van der Waals surface area contributed by atoms with Crippen molar-refractivity contribution in [1.29, 1.82) is 0 Å². The molecule has 0 radical (unpaired) electrons. The average Bonchev–Trinajstić information content (AvgIpc) is 2.18. The van der Waals surface area contributed by atoms with E-state index >= 15 is 0 Å². The minimum absolute atomic E-state index is 0.0332. The van der Waals surface area contributed by atoms with E-state index in [2.05, 4.69) is 0 Å². The Kier molecular flexibility index (Phi) is 2.27. The molecule has 1 unspecified atom stereocenters. The van der Waals surface area contributed by atoms with Crippen molar-refractivity contribution in [2.45, 2.75) is 18.9 Å². The summed E-state index contributed by atoms with van der Waals surface area (Å²) in [6, 6.07) is 1.22. The van der Waals surface area contributed by atoms with Crippen LogP contribution >= 0.6 is 0 Å². The topological polar surface area (TPSA) is 26.3 Å². The van der Waals surface area contributed by atoms with Crippen LogP contribution in [0.4, 0.5) is 0 Å². The third-order valence-electron chi connectivity index (χ3n) is 1.68. The fourth-order valence-corrected chi connectivity index (χ4v) is 1.85. The molecule has 2 nitrogen and oxygen atoms in total. The zero-order valence-electron chi connectivity index (χ0n) is 5.72. The smallest absolute Gasteiger partial charge is 0.309 e. The third kappa shape index (κ3) is 1.54. The van der Waals surface area contributed by atoms with Crippen LogP contribution in [0.25, 0.3) is 0 Å². The van der Waals surface area contributed by atoms with Gasteiger partial charge in [-0.15, -0.1) is 0 Å². The first kappa shape index (κ1) is 6.80. The Morgan fingerprint density at radius 3 is 3.00 bits per heavy atom. The van der Waals surface area contributed by atoms with Crippen LogP contribution in [0, 0.1) is 5.92 Å². The Morgan fingerprint density at radius 2 is 2.56 bits per heavy atom. The second-order valence-corrected chi connectivity index (χ2v) is 3.44. The van der Waals surface area contributed by atoms with Crippen LogP contribution < -0.4 is 0 Å². The molecule has 0 aromatic heterocycles. The summed E-state index contributed by atoms with van der Waals surface area (Å²) in [7, 11) is 1.21. The third-order valence-corrected chi connectivity index (χ3v) is 2.26. The zero-order chi connectivity index (χ0) is 6.69. The van der Waals surface area contributed by atoms with Gasteiger partial charge in [0.1, 0.15) is 0 Å². The van der Waals surface area contributed by atoms with Crippen molar-refractivity contribution < 1.29 is 9.53 Å². The van der Waals surface area contributed by atoms with E-state index in [0.717, 1.165) is 12.8 Å². The molecule has 0 spiro atoms. The quantitative estimate of drug-likeness (QED) is 0.394. The van der Waals surface area contributed by atoms with Crippen LogP contribution in [-0.2, 0) is 9.53 Å². The van der Waals surface area contributed by atoms with Crippen molar-refractivity contribution in [3.05, 3.63) is 0 Å². The fraction of sp³-hybridized carbons (Fsp3) is 0.833. The minimum atomic E-state index is 0.0332. The van der Waals surface area contributed by atoms with Crippen LogP contribution in [0.5, 0.6) is 0 Å². The molecule has 1 saturated heterocycles. The molecule has 1 rings (SSSR count). The highest BCUT2D eigenvalue weighted by Crippen LogP contribution is 2.18. The lowest BCUT2D eigenvalue weighted by atomic mass is 10.1. The van der Waals surface area contributed by atoms with Gasteiger partial charge in [0.2, 0.25) is 0 Å². The van der Waals surface area contributed by atoms with Gasteiger partial charge in [0, 0.05) is 10.2 Å². The van der Waals surface area contributed by atoms with Crippen molar-refractivity contribution in [2.75, 3.05) is 6.61 Å². The number of hydrogen-bond acceptors (Lipinski definition) is 2. The summed E-state index contributed by atoms with van der Waals surface area (Å²) in [6.45, 7) is 0.658. The second kappa shape index (κ2) is 3.01. The van der Waals surface area contributed by atoms with Crippen LogP contribution in [0.2, 0.25) is 6.04 Å². The average molecular weight is 144 g/mol. The Morgan fingerprint density at radius 1 is 1.78 bits per heavy atom. The first-order chi connectivity index (χ1) is 4.34. The molecule has 0 aliphatic carbocycles. The number of ether oxygens (including phenoxy) is 1. The van der Waals surface area contributed by atoms with Crippen LogP contribution in [0.1, 0.15) is 12.8 Å². The number of rotatable bonds is 2. The Bertz CT molecular complexity index is 114. The molecular formula is C6H12O2Si. The molecule has 0 bridgehead atoms. The summed E-state index contributed by atoms with van der Waals surface area (Å²) < 4.78 is 4.79. The SMILES string of the molecule is O=C1OCCC1CC[SiH3]. The predicted octanol–water partition coefficient (Wildman–Crippen LogP) is -0.277. The molecule has 0 N–H and O–H groups in total. The Balaban J connectivity index is 2.31. The van der Waals surface area contributed by atoms with Gasteiger partial charge < -0.3 is 4.74 Å². The molecule has 1 heterocycles. The summed E-state index contributed by atoms with van der Waals surface area (Å²) >= 11 is 0. The van der Waals surface area contributed by atoms with E-state index in [1.54, 1.807) is 0 Å². The van der Waals surface area contributed by atoms with Gasteiger partial charge in [0.05, 0.1) is 12.5 Å². The number of esters is 1. The highest BCUT2D eigenvalue weighted by Gasteiger charge is 2.24. The monoisotopic (exact) mass is 144 g/mol. The van der Waals surface area contributed by atoms with E-state index < -0.39 is 0 Å². The number of hydrogen-bond donors (Lipinski definition) is 0. The molecule has 1 aliphatic rings. The zero-order valence-corrected chi connectivity index (χ0v) is 7.72. The predicted molar refractivity (Wildman–Crippen MR) is 38.4 cm³/mol. The molecular weight excluding hydrogens is 132 g/mol. The van der Waals surface area contributed by atoms with E-state index in [0.29, 0.717) is 6.61 Å². The molecule has 1 aliphatic heterocycles. The summed E-state index contributed by atoms with van der Waals surface area (Å²) in [4.78, 5) is 10.8. The maximum atomic E-state index is 10.8. The summed E-state index contributed by atoms with van der Waals surface area (Å²) in [5, 5.41) is 0. The van der Waals surface area contributed by atoms with Gasteiger partial charge in [0.15, 0.2) is 0 Å². The molecule has 1 atom stereocenters. The molecule has 52 valence electrons. The maximum Gasteiger partial charge on any atom is 0.309 e. The number of carbonyl (C=O) groups excluding carboxylic acids is 1. The highest BCUT2D eigenvalue weighted by molar-refractivity contribution is 6.08. The maximum absolute atomic E-state index is 10.8. The molecule has 3 heteroatoms. The second-order valence-electron chi connectivity index (χ2n) is 2.44. The van der Waals surface area contributed by atoms with Gasteiger partial charge in [-0.2, -0.15) is 0 Å². The van der Waals surface area contributed by atoms with Gasteiger partial charge in [-0.25, -0.2) is 0 Å². The van der Waals surface area contributed by atoms with Crippen LogP contribution in [-0.4, -0.2) is 22.8 Å². The standard InChI is InChI=1S/C6H12O2Si/c7-6-5(2-4-9)1-3-8-6/h5H,1-4H2,9H3. The Labute approximate surface area is 58.0 Å². The lowest BCUT2D eigenvalue weighted by Gasteiger charge is -1.99. The molecule has 0 aromatic carbocycles. The van der Waals surface area contributed by atoms with Gasteiger partial charge in [-0.1, -0.05) is 6.04 Å². The fourth-order valence-electron chi connectivity index (χ4n) is 1.15. The lowest BCUT2D eigenvalue weighted by Crippen LogP contribution is -2.06. The molecule has 0 aromatic rings. The highest BCUT2D eigenvalue weighted by atomic mass is 28.1. The van der Waals surface area contributed by atoms with E-state index in [9.17, 15) is 4.79 Å². The first-order valence-electron chi connectivity index (χ1n) is 3.51. The van der Waals surface area contributed by atoms with Gasteiger partial charge in [-0.3, -0.25) is 4.79 Å². The van der Waals surface area contributed by atoms with E-state index in [-0.39, 0.29) is 11.9 Å². The molecule has 9 heavy (non-hydrogen) atoms. The van der Waals surface area contributed by atoms with Gasteiger partial charge in [-0.05, 0) is 12.8 Å². The van der Waals surface area contributed by atoms with Crippen LogP contribution in [0.3, 0.4) is 0 Å². The Hall–Kier alpha value is -0.313. The molecule has 1 fully saturated rings. The van der Waals surface area contributed by atoms with E-state index in [1.165, 1.54) is 16.3 Å². The first-order valence-corrected chi connectivity index (χ1v) is 4.92. The number of cyclic esters (lactones) is 1. The summed E-state index contributed by atoms with van der Waals surface area (Å²) in [5.41, 5.74) is 0. The van der Waals surface area contributed by atoms with E-state index in [1.807, 2.05) is 0 Å². The van der Waals surface area contributed by atoms with Gasteiger partial charge >= 0.3 is 5.97 Å². The van der Waals surface area contributed by atoms with Crippen LogP contribution in [0.15, 0.2) is 0 Å². The van der Waals surface area contributed by atoms with Crippen molar-refractivity contribution in [2.24, 2.45) is 5.92 Å². The van der Waals surface area contributed by atoms with Crippen molar-refractivity contribution >= 4 is 16.2 Å². The van der Waals surface area contributed by atoms with Crippen molar-refractivity contribution in [3.63, 3.8) is 0 Å². The van der Waals surface area contributed by atoms with Gasteiger partial charge in [0.25, 0.3) is 0 Å². The summed E-state index contributed by atoms with van der Waals surface area (Å²) in [6.07, 6.45) is 2.02. The largest absolute Gasteiger partial charge is 0.465 e. The lowest BCUT2D eigenvalue weighted by molar-refractivity contribution is -0.141. The van der Waals surface area contributed by atoms with Crippen molar-refractivity contribution in [3.8, 4) is 0 Å². The van der Waals surface area contributed by atoms with E-state index in [4.69, 9.17) is 4.74 Å². The summed E-state index contributed by atoms with van der Waals surface area (Å²) in [5.74, 6) is 0.286. The normalized spacial score (nSPS) is 26.7. The van der Waals surface area contributed by atoms with Crippen molar-refractivity contribution in [1.82, 2.24) is 0 Å². The minimum Gasteiger partial charge on any atom is -0.465 e.